The molecular formula is C23H20N4O5. The number of carbonyl (C=O) groups is 1. The first-order valence-corrected chi connectivity index (χ1v) is 10.1. The molecule has 3 heterocycles. The summed E-state index contributed by atoms with van der Waals surface area (Å²) in [6, 6.07) is 14.8. The van der Waals surface area contributed by atoms with Gasteiger partial charge in [-0.1, -0.05) is 12.1 Å². The first kappa shape index (κ1) is 19.7. The maximum atomic E-state index is 11.8. The molecule has 2 N–H and O–H groups in total. The highest BCUT2D eigenvalue weighted by Crippen LogP contribution is 2.34. The van der Waals surface area contributed by atoms with E-state index in [2.05, 4.69) is 20.6 Å². The Bertz CT molecular complexity index is 1290. The fraction of sp³-hybridized carbons (Fsp3) is 0.174. The van der Waals surface area contributed by atoms with E-state index in [1.54, 1.807) is 31.3 Å². The van der Waals surface area contributed by atoms with Crippen LogP contribution >= 0.6 is 0 Å². The van der Waals surface area contributed by atoms with Crippen LogP contribution in [-0.4, -0.2) is 36.1 Å². The highest BCUT2D eigenvalue weighted by Gasteiger charge is 2.16. The molecule has 0 saturated heterocycles. The number of aromatic nitrogens is 2. The number of pyridine rings is 1. The van der Waals surface area contributed by atoms with E-state index in [1.807, 2.05) is 24.3 Å². The lowest BCUT2D eigenvalue weighted by molar-refractivity contribution is 0.0958. The number of nitrogens with zero attached hydrogens (tertiary/aromatic N) is 2. The molecule has 0 aliphatic carbocycles. The van der Waals surface area contributed by atoms with E-state index in [0.29, 0.717) is 48.4 Å². The van der Waals surface area contributed by atoms with Gasteiger partial charge in [-0.15, -0.1) is 0 Å². The van der Waals surface area contributed by atoms with E-state index in [0.717, 1.165) is 17.1 Å². The number of amides is 1. The van der Waals surface area contributed by atoms with Crippen molar-refractivity contribution in [2.45, 2.75) is 6.54 Å². The van der Waals surface area contributed by atoms with E-state index in [9.17, 15) is 4.79 Å². The Labute approximate surface area is 183 Å². The van der Waals surface area contributed by atoms with Gasteiger partial charge in [0, 0.05) is 37.5 Å². The van der Waals surface area contributed by atoms with Crippen molar-refractivity contribution in [1.82, 2.24) is 15.3 Å². The number of carbonyl (C=O) groups excluding carboxylic acids is 1. The second-order valence-corrected chi connectivity index (χ2v) is 7.00. The van der Waals surface area contributed by atoms with Crippen LogP contribution in [0.2, 0.25) is 0 Å². The molecule has 2 aromatic heterocycles. The first-order chi connectivity index (χ1) is 15.7. The summed E-state index contributed by atoms with van der Waals surface area (Å²) in [5.41, 5.74) is 2.49. The van der Waals surface area contributed by atoms with Crippen LogP contribution in [0.15, 0.2) is 59.1 Å². The summed E-state index contributed by atoms with van der Waals surface area (Å²) in [4.78, 5) is 20.3. The molecule has 0 radical (unpaired) electrons. The lowest BCUT2D eigenvalue weighted by atomic mass is 10.2. The molecule has 9 heteroatoms. The standard InChI is InChI=1S/C23H20N4O5/c1-24-22(28)18-11-16(7-8-25-18)31-15-5-6-17-20(12-15)32-23(27-17)26-13-14-3-2-4-19-21(14)30-10-9-29-19/h2-8,11-12H,9-10,13H2,1H3,(H,24,28)(H,26,27). The topological polar surface area (TPSA) is 108 Å². The third kappa shape index (κ3) is 4.00. The molecule has 0 atom stereocenters. The molecule has 0 spiro atoms. The second-order valence-electron chi connectivity index (χ2n) is 7.00. The number of fused-ring (bicyclic) bond motifs is 2. The normalized spacial score (nSPS) is 12.4. The van der Waals surface area contributed by atoms with Gasteiger partial charge in [0.25, 0.3) is 11.9 Å². The van der Waals surface area contributed by atoms with Crippen LogP contribution < -0.4 is 24.8 Å². The monoisotopic (exact) mass is 432 g/mol. The molecule has 0 bridgehead atoms. The average Bonchev–Trinajstić information content (AvgIpc) is 3.24. The van der Waals surface area contributed by atoms with Crippen molar-refractivity contribution in [3.05, 3.63) is 66.0 Å². The number of rotatable bonds is 6. The summed E-state index contributed by atoms with van der Waals surface area (Å²) in [5, 5.41) is 5.73. The molecule has 0 fully saturated rings. The number of oxazole rings is 1. The van der Waals surface area contributed by atoms with Gasteiger partial charge in [0.15, 0.2) is 17.1 Å². The number of hydrogen-bond acceptors (Lipinski definition) is 8. The Balaban J connectivity index is 1.31. The maximum Gasteiger partial charge on any atom is 0.295 e. The number of hydrogen-bond donors (Lipinski definition) is 2. The molecular weight excluding hydrogens is 412 g/mol. The zero-order chi connectivity index (χ0) is 21.9. The number of anilines is 1. The molecule has 2 aromatic carbocycles. The highest BCUT2D eigenvalue weighted by atomic mass is 16.6. The van der Waals surface area contributed by atoms with Crippen LogP contribution in [0, 0.1) is 0 Å². The van der Waals surface area contributed by atoms with Gasteiger partial charge in [0.1, 0.15) is 35.9 Å². The van der Waals surface area contributed by atoms with Crippen LogP contribution in [0.25, 0.3) is 11.1 Å². The molecule has 0 unspecified atom stereocenters. The Kier molecular flexibility index (Phi) is 5.20. The molecule has 0 saturated carbocycles. The lowest BCUT2D eigenvalue weighted by Gasteiger charge is -2.20. The van der Waals surface area contributed by atoms with Crippen LogP contribution in [-0.2, 0) is 6.54 Å². The summed E-state index contributed by atoms with van der Waals surface area (Å²) >= 11 is 0. The Morgan fingerprint density at radius 2 is 1.97 bits per heavy atom. The lowest BCUT2D eigenvalue weighted by Crippen LogP contribution is -2.18. The predicted molar refractivity (Wildman–Crippen MR) is 116 cm³/mol. The van der Waals surface area contributed by atoms with Gasteiger partial charge in [0.05, 0.1) is 0 Å². The molecule has 162 valence electrons. The first-order valence-electron chi connectivity index (χ1n) is 10.1. The summed E-state index contributed by atoms with van der Waals surface area (Å²) in [6.07, 6.45) is 1.52. The number of nitrogens with one attached hydrogen (secondary N) is 2. The van der Waals surface area contributed by atoms with Gasteiger partial charge >= 0.3 is 0 Å². The van der Waals surface area contributed by atoms with Gasteiger partial charge in [-0.2, -0.15) is 4.98 Å². The van der Waals surface area contributed by atoms with E-state index in [4.69, 9.17) is 18.6 Å². The van der Waals surface area contributed by atoms with Gasteiger partial charge < -0.3 is 29.3 Å². The van der Waals surface area contributed by atoms with Crippen molar-refractivity contribution in [2.75, 3.05) is 25.6 Å². The quantitative estimate of drug-likeness (QED) is 0.474. The second kappa shape index (κ2) is 8.46. The van der Waals surface area contributed by atoms with Crippen molar-refractivity contribution >= 4 is 23.0 Å². The molecule has 1 amide bonds. The summed E-state index contributed by atoms with van der Waals surface area (Å²) in [7, 11) is 1.55. The zero-order valence-electron chi connectivity index (χ0n) is 17.3. The van der Waals surface area contributed by atoms with Crippen molar-refractivity contribution in [3.63, 3.8) is 0 Å². The molecule has 4 aromatic rings. The Hall–Kier alpha value is -4.27. The third-order valence-corrected chi connectivity index (χ3v) is 4.86. The number of para-hydroxylation sites is 1. The molecule has 9 nitrogen and oxygen atoms in total. The van der Waals surface area contributed by atoms with E-state index < -0.39 is 0 Å². The van der Waals surface area contributed by atoms with E-state index in [1.165, 1.54) is 6.20 Å². The van der Waals surface area contributed by atoms with Crippen LogP contribution in [0.4, 0.5) is 6.01 Å². The molecule has 1 aliphatic rings. The minimum atomic E-state index is -0.284. The number of ether oxygens (including phenoxy) is 3. The average molecular weight is 432 g/mol. The fourth-order valence-corrected chi connectivity index (χ4v) is 3.35. The molecule has 1 aliphatic heterocycles. The van der Waals surface area contributed by atoms with Gasteiger partial charge in [-0.05, 0) is 24.3 Å². The van der Waals surface area contributed by atoms with Crippen LogP contribution in [0.1, 0.15) is 16.1 Å². The van der Waals surface area contributed by atoms with E-state index in [-0.39, 0.29) is 11.6 Å². The van der Waals surface area contributed by atoms with Crippen molar-refractivity contribution < 1.29 is 23.4 Å². The molecule has 5 rings (SSSR count). The van der Waals surface area contributed by atoms with Crippen LogP contribution in [0.5, 0.6) is 23.0 Å². The minimum absolute atomic E-state index is 0.273. The Morgan fingerprint density at radius 1 is 1.09 bits per heavy atom. The Morgan fingerprint density at radius 3 is 2.88 bits per heavy atom. The summed E-state index contributed by atoms with van der Waals surface area (Å²) < 4.78 is 23.1. The summed E-state index contributed by atoms with van der Waals surface area (Å²) in [5.74, 6) is 2.24. The highest BCUT2D eigenvalue weighted by molar-refractivity contribution is 5.92. The van der Waals surface area contributed by atoms with Gasteiger partial charge in [0.2, 0.25) is 0 Å². The van der Waals surface area contributed by atoms with Crippen molar-refractivity contribution in [1.29, 1.82) is 0 Å². The zero-order valence-corrected chi connectivity index (χ0v) is 17.3. The largest absolute Gasteiger partial charge is 0.486 e. The van der Waals surface area contributed by atoms with E-state index >= 15 is 0 Å². The molecule has 32 heavy (non-hydrogen) atoms. The fourth-order valence-electron chi connectivity index (χ4n) is 3.35. The third-order valence-electron chi connectivity index (χ3n) is 4.86. The minimum Gasteiger partial charge on any atom is -0.486 e. The SMILES string of the molecule is CNC(=O)c1cc(Oc2ccc3nc(NCc4cccc5c4OCCO5)oc3c2)ccn1. The van der Waals surface area contributed by atoms with Crippen molar-refractivity contribution in [3.8, 4) is 23.0 Å². The smallest absolute Gasteiger partial charge is 0.295 e. The van der Waals surface area contributed by atoms with Gasteiger partial charge in [-0.25, -0.2) is 0 Å². The van der Waals surface area contributed by atoms with Gasteiger partial charge in [-0.3, -0.25) is 9.78 Å². The van der Waals surface area contributed by atoms with Crippen LogP contribution in [0.3, 0.4) is 0 Å². The predicted octanol–water partition coefficient (Wildman–Crippen LogP) is 3.76. The summed E-state index contributed by atoms with van der Waals surface area (Å²) in [6.45, 7) is 1.55. The maximum absolute atomic E-state index is 11.8. The van der Waals surface area contributed by atoms with Crippen molar-refractivity contribution in [2.24, 2.45) is 0 Å². The number of benzene rings is 2.